The second-order valence-electron chi connectivity index (χ2n) is 11.5. The Balaban J connectivity index is 2.33. The van der Waals surface area contributed by atoms with E-state index in [-0.39, 0.29) is 22.9 Å². The molecule has 1 unspecified atom stereocenters. The molecule has 2 aromatic rings. The predicted molar refractivity (Wildman–Crippen MR) is 137 cm³/mol. The van der Waals surface area contributed by atoms with Gasteiger partial charge in [-0.05, 0) is 65.9 Å². The molecule has 3 rings (SSSR count). The lowest BCUT2D eigenvalue weighted by molar-refractivity contribution is -0.171. The molecule has 0 aromatic carbocycles. The molecule has 0 aliphatic carbocycles. The highest BCUT2D eigenvalue weighted by molar-refractivity contribution is 5.92. The highest BCUT2D eigenvalue weighted by Crippen LogP contribution is 2.46. The number of nitrogen functional groups attached to an aromatic ring is 1. The number of anilines is 2. The lowest BCUT2D eigenvalue weighted by Gasteiger charge is -2.41. The van der Waals surface area contributed by atoms with Crippen LogP contribution in [0.4, 0.5) is 20.3 Å². The average molecular weight is 505 g/mol. The number of hydrogen-bond donors (Lipinski definition) is 1. The van der Waals surface area contributed by atoms with Crippen LogP contribution < -0.4 is 10.6 Å². The number of ether oxygens (including phenoxy) is 2. The SMILES string of the molecule is Cc1nc(N)c(-c2cnc(F)c(F)c2)c(N2CCC(C)(C)CC2)c1C(OC(C)(C)C)C(=O)OC(C)C. The molecule has 9 heteroatoms. The van der Waals surface area contributed by atoms with Gasteiger partial charge in [-0.1, -0.05) is 13.8 Å². The number of hydrogen-bond acceptors (Lipinski definition) is 7. The van der Waals surface area contributed by atoms with E-state index in [1.807, 2.05) is 20.8 Å². The second-order valence-corrected chi connectivity index (χ2v) is 11.5. The van der Waals surface area contributed by atoms with Crippen LogP contribution >= 0.6 is 0 Å². The van der Waals surface area contributed by atoms with E-state index < -0.39 is 29.4 Å². The number of esters is 1. The van der Waals surface area contributed by atoms with Crippen molar-refractivity contribution in [2.24, 2.45) is 5.41 Å². The summed E-state index contributed by atoms with van der Waals surface area (Å²) in [5, 5.41) is 0. The van der Waals surface area contributed by atoms with E-state index in [0.29, 0.717) is 35.6 Å². The molecule has 1 aliphatic heterocycles. The largest absolute Gasteiger partial charge is 0.461 e. The first-order chi connectivity index (χ1) is 16.6. The first-order valence-electron chi connectivity index (χ1n) is 12.3. The van der Waals surface area contributed by atoms with E-state index in [9.17, 15) is 13.6 Å². The van der Waals surface area contributed by atoms with Crippen LogP contribution in [0.2, 0.25) is 0 Å². The Bertz CT molecular complexity index is 1120. The Kier molecular flexibility index (Phi) is 7.93. The van der Waals surface area contributed by atoms with E-state index >= 15 is 0 Å². The molecule has 0 saturated carbocycles. The number of rotatable bonds is 6. The van der Waals surface area contributed by atoms with E-state index in [1.165, 1.54) is 6.20 Å². The van der Waals surface area contributed by atoms with Crippen LogP contribution in [-0.4, -0.2) is 40.7 Å². The van der Waals surface area contributed by atoms with Crippen molar-refractivity contribution in [2.75, 3.05) is 23.7 Å². The number of carbonyl (C=O) groups is 1. The predicted octanol–water partition coefficient (Wildman–Crippen LogP) is 5.75. The third-order valence-electron chi connectivity index (χ3n) is 6.24. The van der Waals surface area contributed by atoms with Gasteiger partial charge in [0, 0.05) is 41.7 Å². The summed E-state index contributed by atoms with van der Waals surface area (Å²) in [6.07, 6.45) is 1.55. The number of carbonyl (C=O) groups excluding carboxylic acids is 1. The molecule has 2 N–H and O–H groups in total. The molecule has 1 atom stereocenters. The molecule has 3 heterocycles. The van der Waals surface area contributed by atoms with Crippen LogP contribution in [-0.2, 0) is 14.3 Å². The van der Waals surface area contributed by atoms with E-state index in [4.69, 9.17) is 15.2 Å². The molecule has 0 spiro atoms. The van der Waals surface area contributed by atoms with E-state index in [2.05, 4.69) is 28.7 Å². The molecule has 0 amide bonds. The molecule has 1 fully saturated rings. The molecule has 2 aromatic heterocycles. The Morgan fingerprint density at radius 1 is 1.19 bits per heavy atom. The van der Waals surface area contributed by atoms with Crippen molar-refractivity contribution in [1.29, 1.82) is 0 Å². The second kappa shape index (κ2) is 10.3. The van der Waals surface area contributed by atoms with Gasteiger partial charge in [-0.3, -0.25) is 0 Å². The molecule has 36 heavy (non-hydrogen) atoms. The monoisotopic (exact) mass is 504 g/mol. The Morgan fingerprint density at radius 2 is 1.81 bits per heavy atom. The first kappa shape index (κ1) is 27.8. The van der Waals surface area contributed by atoms with Crippen molar-refractivity contribution in [2.45, 2.75) is 86.0 Å². The fourth-order valence-corrected chi connectivity index (χ4v) is 4.42. The number of nitrogens with zero attached hydrogens (tertiary/aromatic N) is 3. The summed E-state index contributed by atoms with van der Waals surface area (Å²) in [6.45, 7) is 16.6. The number of pyridine rings is 2. The number of nitrogens with two attached hydrogens (primary N) is 1. The Labute approximate surface area is 212 Å². The van der Waals surface area contributed by atoms with Gasteiger partial charge < -0.3 is 20.1 Å². The van der Waals surface area contributed by atoms with Gasteiger partial charge >= 0.3 is 5.97 Å². The van der Waals surface area contributed by atoms with Gasteiger partial charge in [0.05, 0.1) is 17.4 Å². The van der Waals surface area contributed by atoms with Crippen molar-refractivity contribution < 1.29 is 23.0 Å². The summed E-state index contributed by atoms with van der Waals surface area (Å²) in [5.74, 6) is -2.71. The lowest BCUT2D eigenvalue weighted by Crippen LogP contribution is -2.39. The van der Waals surface area contributed by atoms with Gasteiger partial charge in [0.2, 0.25) is 5.95 Å². The van der Waals surface area contributed by atoms with Crippen LogP contribution in [0.3, 0.4) is 0 Å². The van der Waals surface area contributed by atoms with Crippen LogP contribution in [0, 0.1) is 24.1 Å². The maximum atomic E-state index is 14.3. The van der Waals surface area contributed by atoms with Crippen LogP contribution in [0.25, 0.3) is 11.1 Å². The van der Waals surface area contributed by atoms with Crippen molar-refractivity contribution in [3.8, 4) is 11.1 Å². The van der Waals surface area contributed by atoms with Gasteiger partial charge in [-0.15, -0.1) is 0 Å². The fourth-order valence-electron chi connectivity index (χ4n) is 4.42. The quantitative estimate of drug-likeness (QED) is 0.396. The Hall–Kier alpha value is -2.81. The third kappa shape index (κ3) is 6.30. The summed E-state index contributed by atoms with van der Waals surface area (Å²) >= 11 is 0. The number of aryl methyl sites for hydroxylation is 1. The summed E-state index contributed by atoms with van der Waals surface area (Å²) in [6, 6.07) is 1.05. The van der Waals surface area contributed by atoms with Crippen molar-refractivity contribution in [1.82, 2.24) is 9.97 Å². The van der Waals surface area contributed by atoms with Gasteiger partial charge in [-0.25, -0.2) is 19.2 Å². The molecule has 0 radical (unpaired) electrons. The maximum Gasteiger partial charge on any atom is 0.340 e. The highest BCUT2D eigenvalue weighted by atomic mass is 19.2. The minimum absolute atomic E-state index is 0.135. The van der Waals surface area contributed by atoms with E-state index in [1.54, 1.807) is 20.8 Å². The zero-order valence-electron chi connectivity index (χ0n) is 22.5. The zero-order valence-corrected chi connectivity index (χ0v) is 22.5. The normalized spacial score (nSPS) is 16.8. The van der Waals surface area contributed by atoms with Gasteiger partial charge in [0.25, 0.3) is 0 Å². The molecule has 198 valence electrons. The summed E-state index contributed by atoms with van der Waals surface area (Å²) in [7, 11) is 0. The van der Waals surface area contributed by atoms with Crippen molar-refractivity contribution >= 4 is 17.5 Å². The molecule has 1 aliphatic rings. The molecule has 0 bridgehead atoms. The number of aromatic nitrogens is 2. The van der Waals surface area contributed by atoms with Gasteiger partial charge in [-0.2, -0.15) is 4.39 Å². The standard InChI is InChI=1S/C27H38F2N4O3/c1-15(2)35-25(34)22(36-26(4,5)6)19-16(3)32-24(30)20(17-13-18(28)23(29)31-14-17)21(19)33-11-9-27(7,8)10-12-33/h13-15,22H,9-12H2,1-8H3,(H2,30,32). The minimum atomic E-state index is -1.20. The number of piperidine rings is 1. The van der Waals surface area contributed by atoms with Gasteiger partial charge in [0.15, 0.2) is 11.9 Å². The van der Waals surface area contributed by atoms with Crippen LogP contribution in [0.1, 0.15) is 78.7 Å². The summed E-state index contributed by atoms with van der Waals surface area (Å²) in [5.41, 5.74) is 8.14. The molecular formula is C27H38F2N4O3. The Morgan fingerprint density at radius 3 is 2.33 bits per heavy atom. The van der Waals surface area contributed by atoms with Crippen LogP contribution in [0.15, 0.2) is 12.3 Å². The molecule has 7 nitrogen and oxygen atoms in total. The third-order valence-corrected chi connectivity index (χ3v) is 6.24. The summed E-state index contributed by atoms with van der Waals surface area (Å²) in [4.78, 5) is 23.6. The van der Waals surface area contributed by atoms with E-state index in [0.717, 1.165) is 18.9 Å². The highest BCUT2D eigenvalue weighted by Gasteiger charge is 2.38. The molecular weight excluding hydrogens is 466 g/mol. The first-order valence-corrected chi connectivity index (χ1v) is 12.3. The number of halogens is 2. The summed E-state index contributed by atoms with van der Waals surface area (Å²) < 4.78 is 39.9. The minimum Gasteiger partial charge on any atom is -0.461 e. The van der Waals surface area contributed by atoms with Crippen LogP contribution in [0.5, 0.6) is 0 Å². The lowest BCUT2D eigenvalue weighted by atomic mass is 9.82. The topological polar surface area (TPSA) is 90.6 Å². The smallest absolute Gasteiger partial charge is 0.340 e. The van der Waals surface area contributed by atoms with Crippen molar-refractivity contribution in [3.05, 3.63) is 35.3 Å². The average Bonchev–Trinajstić information content (AvgIpc) is 2.73. The fraction of sp³-hybridized carbons (Fsp3) is 0.593. The van der Waals surface area contributed by atoms with Crippen molar-refractivity contribution in [3.63, 3.8) is 0 Å². The van der Waals surface area contributed by atoms with Gasteiger partial charge in [0.1, 0.15) is 5.82 Å². The maximum absolute atomic E-state index is 14.3. The zero-order chi connectivity index (χ0) is 27.0. The molecule has 1 saturated heterocycles.